The highest BCUT2D eigenvalue weighted by molar-refractivity contribution is 4.98. The third-order valence-electron chi connectivity index (χ3n) is 2.77. The van der Waals surface area contributed by atoms with Gasteiger partial charge in [0.2, 0.25) is 0 Å². The minimum absolute atomic E-state index is 0.261. The summed E-state index contributed by atoms with van der Waals surface area (Å²) in [5, 5.41) is 0. The third-order valence-corrected chi connectivity index (χ3v) is 2.77. The first kappa shape index (κ1) is 14.3. The molecule has 98 valence electrons. The molecule has 0 saturated carbocycles. The Kier molecular flexibility index (Phi) is 6.30. The van der Waals surface area contributed by atoms with Crippen LogP contribution in [0.25, 0.3) is 0 Å². The van der Waals surface area contributed by atoms with E-state index in [0.717, 1.165) is 38.2 Å². The van der Waals surface area contributed by atoms with Crippen molar-refractivity contribution in [1.82, 2.24) is 4.90 Å². The molecule has 17 heavy (non-hydrogen) atoms. The Labute approximate surface area is 105 Å². The zero-order valence-electron chi connectivity index (χ0n) is 11.4. The topological polar surface area (TPSA) is 42.4 Å². The molecule has 0 radical (unpaired) electrons. The largest absolute Gasteiger partial charge is 0.468 e. The van der Waals surface area contributed by atoms with Gasteiger partial charge < -0.3 is 10.2 Å². The van der Waals surface area contributed by atoms with Crippen molar-refractivity contribution in [2.24, 2.45) is 11.7 Å². The third kappa shape index (κ3) is 5.89. The Hall–Kier alpha value is -0.800. The first-order chi connectivity index (χ1) is 8.11. The van der Waals surface area contributed by atoms with Crippen LogP contribution in [0.4, 0.5) is 0 Å². The van der Waals surface area contributed by atoms with Gasteiger partial charge in [0.05, 0.1) is 12.8 Å². The second kappa shape index (κ2) is 7.51. The fraction of sp³-hybridized carbons (Fsp3) is 0.714. The van der Waals surface area contributed by atoms with Crippen molar-refractivity contribution in [2.45, 2.75) is 46.2 Å². The summed E-state index contributed by atoms with van der Waals surface area (Å²) in [6.07, 6.45) is 3.96. The van der Waals surface area contributed by atoms with Crippen LogP contribution in [0.3, 0.4) is 0 Å². The van der Waals surface area contributed by atoms with Crippen LogP contribution in [0.2, 0.25) is 0 Å². The van der Waals surface area contributed by atoms with E-state index in [1.807, 2.05) is 12.1 Å². The average molecular weight is 238 g/mol. The van der Waals surface area contributed by atoms with Crippen LogP contribution in [-0.2, 0) is 6.54 Å². The van der Waals surface area contributed by atoms with Crippen LogP contribution in [0.5, 0.6) is 0 Å². The molecule has 3 heteroatoms. The smallest absolute Gasteiger partial charge is 0.117 e. The van der Waals surface area contributed by atoms with E-state index in [0.29, 0.717) is 5.92 Å². The lowest BCUT2D eigenvalue weighted by Gasteiger charge is -2.25. The van der Waals surface area contributed by atoms with Gasteiger partial charge in [-0.25, -0.2) is 0 Å². The van der Waals surface area contributed by atoms with Crippen molar-refractivity contribution in [3.63, 3.8) is 0 Å². The van der Waals surface area contributed by atoms with E-state index in [-0.39, 0.29) is 6.04 Å². The highest BCUT2D eigenvalue weighted by Crippen LogP contribution is 2.09. The molecular weight excluding hydrogens is 212 g/mol. The Balaban J connectivity index is 2.42. The molecule has 0 aliphatic rings. The molecule has 1 heterocycles. The van der Waals surface area contributed by atoms with E-state index in [1.54, 1.807) is 6.26 Å². The van der Waals surface area contributed by atoms with Gasteiger partial charge in [0.1, 0.15) is 5.76 Å². The predicted octanol–water partition coefficient (Wildman–Crippen LogP) is 2.87. The lowest BCUT2D eigenvalue weighted by atomic mass is 10.0. The summed E-state index contributed by atoms with van der Waals surface area (Å²) >= 11 is 0. The summed E-state index contributed by atoms with van der Waals surface area (Å²) in [6.45, 7) is 9.53. The van der Waals surface area contributed by atoms with Crippen LogP contribution in [-0.4, -0.2) is 24.0 Å². The summed E-state index contributed by atoms with van der Waals surface area (Å²) in [5.41, 5.74) is 6.16. The number of nitrogens with two attached hydrogens (primary N) is 1. The lowest BCUT2D eigenvalue weighted by Crippen LogP contribution is -2.38. The normalized spacial score (nSPS) is 13.5. The van der Waals surface area contributed by atoms with Crippen molar-refractivity contribution < 1.29 is 4.42 Å². The fourth-order valence-corrected chi connectivity index (χ4v) is 2.19. The van der Waals surface area contributed by atoms with Crippen molar-refractivity contribution in [3.05, 3.63) is 24.2 Å². The molecule has 0 amide bonds. The van der Waals surface area contributed by atoms with Crippen LogP contribution < -0.4 is 5.73 Å². The van der Waals surface area contributed by atoms with Crippen LogP contribution in [0, 0.1) is 5.92 Å². The van der Waals surface area contributed by atoms with Gasteiger partial charge in [0.25, 0.3) is 0 Å². The molecule has 2 N–H and O–H groups in total. The van der Waals surface area contributed by atoms with E-state index in [4.69, 9.17) is 10.2 Å². The maximum atomic E-state index is 6.16. The molecule has 3 nitrogen and oxygen atoms in total. The number of furan rings is 1. The Morgan fingerprint density at radius 2 is 2.18 bits per heavy atom. The minimum atomic E-state index is 0.261. The molecule has 0 aliphatic heterocycles. The van der Waals surface area contributed by atoms with Crippen molar-refractivity contribution in [3.8, 4) is 0 Å². The number of rotatable bonds is 8. The molecule has 1 aromatic heterocycles. The lowest BCUT2D eigenvalue weighted by molar-refractivity contribution is 0.221. The Bertz CT molecular complexity index is 282. The Morgan fingerprint density at radius 3 is 2.71 bits per heavy atom. The van der Waals surface area contributed by atoms with Gasteiger partial charge in [0, 0.05) is 12.6 Å². The summed E-state index contributed by atoms with van der Waals surface area (Å²) in [7, 11) is 0. The van der Waals surface area contributed by atoms with E-state index in [9.17, 15) is 0 Å². The van der Waals surface area contributed by atoms with Crippen molar-refractivity contribution >= 4 is 0 Å². The number of nitrogens with zero attached hydrogens (tertiary/aromatic N) is 1. The van der Waals surface area contributed by atoms with Crippen molar-refractivity contribution in [2.75, 3.05) is 13.1 Å². The van der Waals surface area contributed by atoms with Crippen molar-refractivity contribution in [1.29, 1.82) is 0 Å². The molecular formula is C14H26N2O. The first-order valence-electron chi connectivity index (χ1n) is 6.62. The van der Waals surface area contributed by atoms with E-state index in [2.05, 4.69) is 25.7 Å². The van der Waals surface area contributed by atoms with Gasteiger partial charge in [0.15, 0.2) is 0 Å². The van der Waals surface area contributed by atoms with Gasteiger partial charge in [-0.3, -0.25) is 4.90 Å². The average Bonchev–Trinajstić information content (AvgIpc) is 2.69. The van der Waals surface area contributed by atoms with E-state index < -0.39 is 0 Å². The highest BCUT2D eigenvalue weighted by Gasteiger charge is 2.12. The molecule has 0 bridgehead atoms. The summed E-state index contributed by atoms with van der Waals surface area (Å²) in [4.78, 5) is 2.38. The first-order valence-corrected chi connectivity index (χ1v) is 6.62. The molecule has 0 saturated heterocycles. The second-order valence-corrected chi connectivity index (χ2v) is 5.20. The quantitative estimate of drug-likeness (QED) is 0.757. The minimum Gasteiger partial charge on any atom is -0.468 e. The molecule has 1 unspecified atom stereocenters. The van der Waals surface area contributed by atoms with Crippen LogP contribution in [0.1, 0.15) is 39.4 Å². The highest BCUT2D eigenvalue weighted by atomic mass is 16.3. The van der Waals surface area contributed by atoms with Gasteiger partial charge in [-0.05, 0) is 37.4 Å². The second-order valence-electron chi connectivity index (χ2n) is 5.20. The standard InChI is InChI=1S/C14H26N2O/c1-4-7-16(10-13(15)9-12(2)3)11-14-6-5-8-17-14/h5-6,8,12-13H,4,7,9-11,15H2,1-3H3. The monoisotopic (exact) mass is 238 g/mol. The Morgan fingerprint density at radius 1 is 1.41 bits per heavy atom. The van der Waals surface area contributed by atoms with E-state index in [1.165, 1.54) is 0 Å². The molecule has 1 atom stereocenters. The number of hydrogen-bond acceptors (Lipinski definition) is 3. The maximum Gasteiger partial charge on any atom is 0.117 e. The van der Waals surface area contributed by atoms with E-state index >= 15 is 0 Å². The fourth-order valence-electron chi connectivity index (χ4n) is 2.19. The zero-order chi connectivity index (χ0) is 12.7. The molecule has 1 rings (SSSR count). The molecule has 0 aromatic carbocycles. The van der Waals surface area contributed by atoms with Crippen LogP contribution in [0.15, 0.2) is 22.8 Å². The molecule has 1 aromatic rings. The van der Waals surface area contributed by atoms with Gasteiger partial charge in [-0.1, -0.05) is 20.8 Å². The summed E-state index contributed by atoms with van der Waals surface area (Å²) < 4.78 is 5.39. The van der Waals surface area contributed by atoms with Gasteiger partial charge >= 0.3 is 0 Å². The zero-order valence-corrected chi connectivity index (χ0v) is 11.4. The van der Waals surface area contributed by atoms with Gasteiger partial charge in [-0.15, -0.1) is 0 Å². The summed E-state index contributed by atoms with van der Waals surface area (Å²) in [5.74, 6) is 1.69. The molecule has 0 fully saturated rings. The SMILES string of the molecule is CCCN(Cc1ccco1)CC(N)CC(C)C. The molecule has 0 spiro atoms. The molecule has 0 aliphatic carbocycles. The van der Waals surface area contributed by atoms with Gasteiger partial charge in [-0.2, -0.15) is 0 Å². The van der Waals surface area contributed by atoms with Crippen LogP contribution >= 0.6 is 0 Å². The summed E-state index contributed by atoms with van der Waals surface area (Å²) in [6, 6.07) is 4.22. The maximum absolute atomic E-state index is 6.16. The number of hydrogen-bond donors (Lipinski definition) is 1. The predicted molar refractivity (Wildman–Crippen MR) is 71.7 cm³/mol.